The fourth-order valence-corrected chi connectivity index (χ4v) is 5.94. The lowest BCUT2D eigenvalue weighted by Gasteiger charge is -2.34. The maximum absolute atomic E-state index is 10.0. The average Bonchev–Trinajstić information content (AvgIpc) is 3.23. The molecule has 3 aromatic carbocycles. The molecule has 2 aliphatic rings. The third kappa shape index (κ3) is 4.92. The maximum atomic E-state index is 10.0. The Labute approximate surface area is 199 Å². The van der Waals surface area contributed by atoms with Crippen molar-refractivity contribution in [3.63, 3.8) is 0 Å². The van der Waals surface area contributed by atoms with Crippen LogP contribution in [0.3, 0.4) is 0 Å². The van der Waals surface area contributed by atoms with E-state index < -0.39 is 0 Å². The van der Waals surface area contributed by atoms with Gasteiger partial charge in [0.2, 0.25) is 0 Å². The number of phenolic OH excluding ortho intramolecular Hbond substituents is 2. The third-order valence-electron chi connectivity index (χ3n) is 6.46. The molecule has 0 unspecified atom stereocenters. The molecule has 3 aromatic rings. The van der Waals surface area contributed by atoms with Crippen LogP contribution in [-0.4, -0.2) is 40.9 Å². The molecule has 0 saturated carbocycles. The number of benzene rings is 3. The summed E-state index contributed by atoms with van der Waals surface area (Å²) in [4.78, 5) is 3.37. The summed E-state index contributed by atoms with van der Waals surface area (Å²) in [7, 11) is 0. The minimum atomic E-state index is -0.242. The molecule has 0 amide bonds. The number of likely N-dealkylation sites (tertiary alicyclic amines) is 1. The predicted molar refractivity (Wildman–Crippen MR) is 130 cm³/mol. The van der Waals surface area contributed by atoms with Crippen LogP contribution in [-0.2, 0) is 0 Å². The Balaban J connectivity index is 1.34. The zero-order valence-corrected chi connectivity index (χ0v) is 19.5. The smallest absolute Gasteiger partial charge is 0.140 e. The fraction of sp³-hybridized carbons (Fsp3) is 0.333. The number of rotatable bonds is 6. The predicted octanol–water partition coefficient (Wildman–Crippen LogP) is 5.93. The SMILES string of the molecule is C[C@H]1CCCN1CCOc1ccc([C@@H]2Oc3ccc(O)cc3S[C@@H]2c2cccc(O)c2)cc1. The van der Waals surface area contributed by atoms with E-state index in [0.717, 1.165) is 40.6 Å². The number of fused-ring (bicyclic) bond motifs is 1. The summed E-state index contributed by atoms with van der Waals surface area (Å²) in [5.74, 6) is 2.04. The first-order chi connectivity index (χ1) is 16.1. The lowest BCUT2D eigenvalue weighted by Crippen LogP contribution is -2.31. The molecule has 2 N–H and O–H groups in total. The number of nitrogens with zero attached hydrogens (tertiary/aromatic N) is 1. The van der Waals surface area contributed by atoms with Gasteiger partial charge in [-0.1, -0.05) is 24.3 Å². The fourth-order valence-electron chi connectivity index (χ4n) is 4.63. The van der Waals surface area contributed by atoms with E-state index in [1.165, 1.54) is 12.8 Å². The number of phenols is 2. The first-order valence-electron chi connectivity index (χ1n) is 11.5. The van der Waals surface area contributed by atoms with E-state index in [1.807, 2.05) is 24.3 Å². The van der Waals surface area contributed by atoms with E-state index >= 15 is 0 Å². The van der Waals surface area contributed by atoms with E-state index in [1.54, 1.807) is 42.1 Å². The zero-order chi connectivity index (χ0) is 22.8. The highest BCUT2D eigenvalue weighted by Crippen LogP contribution is 2.54. The van der Waals surface area contributed by atoms with Gasteiger partial charge in [0.1, 0.15) is 35.7 Å². The van der Waals surface area contributed by atoms with Gasteiger partial charge in [-0.15, -0.1) is 11.8 Å². The first-order valence-corrected chi connectivity index (χ1v) is 12.4. The van der Waals surface area contributed by atoms with E-state index in [2.05, 4.69) is 24.0 Å². The van der Waals surface area contributed by atoms with E-state index in [9.17, 15) is 10.2 Å². The number of hydrogen-bond acceptors (Lipinski definition) is 6. The summed E-state index contributed by atoms with van der Waals surface area (Å²) in [6.45, 7) is 5.08. The van der Waals surface area contributed by atoms with Gasteiger partial charge in [-0.2, -0.15) is 0 Å². The van der Waals surface area contributed by atoms with Crippen LogP contribution >= 0.6 is 11.8 Å². The van der Waals surface area contributed by atoms with Gasteiger partial charge >= 0.3 is 0 Å². The van der Waals surface area contributed by atoms with Gasteiger partial charge in [0.15, 0.2) is 0 Å². The van der Waals surface area contributed by atoms with Gasteiger partial charge < -0.3 is 19.7 Å². The molecular formula is C27H29NO4S. The zero-order valence-electron chi connectivity index (χ0n) is 18.7. The quantitative estimate of drug-likeness (QED) is 0.473. The van der Waals surface area contributed by atoms with E-state index in [4.69, 9.17) is 9.47 Å². The van der Waals surface area contributed by atoms with Crippen molar-refractivity contribution in [2.24, 2.45) is 0 Å². The molecule has 3 atom stereocenters. The molecule has 0 radical (unpaired) electrons. The average molecular weight is 464 g/mol. The van der Waals surface area contributed by atoms with Crippen LogP contribution < -0.4 is 9.47 Å². The van der Waals surface area contributed by atoms with Crippen LogP contribution in [0.2, 0.25) is 0 Å². The Bertz CT molecular complexity index is 1100. The highest BCUT2D eigenvalue weighted by molar-refractivity contribution is 7.99. The lowest BCUT2D eigenvalue weighted by molar-refractivity contribution is 0.190. The van der Waals surface area contributed by atoms with Crippen LogP contribution in [0.25, 0.3) is 0 Å². The molecule has 5 nitrogen and oxygen atoms in total. The summed E-state index contributed by atoms with van der Waals surface area (Å²) >= 11 is 1.64. The Morgan fingerprint density at radius 3 is 2.58 bits per heavy atom. The van der Waals surface area contributed by atoms with Crippen LogP contribution in [0.5, 0.6) is 23.0 Å². The van der Waals surface area contributed by atoms with Crippen molar-refractivity contribution < 1.29 is 19.7 Å². The molecule has 0 aliphatic carbocycles. The molecule has 0 aromatic heterocycles. The number of ether oxygens (including phenoxy) is 2. The van der Waals surface area contributed by atoms with E-state index in [0.29, 0.717) is 12.6 Å². The standard InChI is InChI=1S/C27H29NO4S/c1-18-4-3-13-28(18)14-15-31-23-10-7-19(8-11-23)26-27(20-5-2-6-21(29)16-20)33-25-17-22(30)9-12-24(25)32-26/h2,5-12,16-18,26-27,29-30H,3-4,13-15H2,1H3/t18-,26-,27+/m0/s1. The van der Waals surface area contributed by atoms with Gasteiger partial charge in [0.25, 0.3) is 0 Å². The normalized spacial score (nSPS) is 22.5. The van der Waals surface area contributed by atoms with Crippen molar-refractivity contribution in [1.29, 1.82) is 0 Å². The minimum Gasteiger partial charge on any atom is -0.508 e. The molecule has 2 aliphatic heterocycles. The molecule has 2 heterocycles. The van der Waals surface area contributed by atoms with Crippen molar-refractivity contribution in [1.82, 2.24) is 4.90 Å². The van der Waals surface area contributed by atoms with Crippen LogP contribution in [0.1, 0.15) is 42.2 Å². The van der Waals surface area contributed by atoms with Crippen LogP contribution in [0.15, 0.2) is 71.6 Å². The molecule has 5 rings (SSSR count). The number of hydrogen-bond donors (Lipinski definition) is 2. The van der Waals surface area contributed by atoms with Crippen LogP contribution in [0.4, 0.5) is 0 Å². The highest BCUT2D eigenvalue weighted by atomic mass is 32.2. The molecule has 0 spiro atoms. The Morgan fingerprint density at radius 2 is 1.82 bits per heavy atom. The Morgan fingerprint density at radius 1 is 1.00 bits per heavy atom. The largest absolute Gasteiger partial charge is 0.508 e. The van der Waals surface area contributed by atoms with Crippen molar-refractivity contribution in [3.8, 4) is 23.0 Å². The molecule has 1 saturated heterocycles. The topological polar surface area (TPSA) is 62.2 Å². The Hall–Kier alpha value is -2.83. The van der Waals surface area contributed by atoms with Gasteiger partial charge in [-0.3, -0.25) is 4.90 Å². The summed E-state index contributed by atoms with van der Waals surface area (Å²) in [6.07, 6.45) is 2.31. The first kappa shape index (κ1) is 22.0. The van der Waals surface area contributed by atoms with Crippen LogP contribution in [0, 0.1) is 0 Å². The van der Waals surface area contributed by atoms with Crippen molar-refractivity contribution in [3.05, 3.63) is 77.9 Å². The second kappa shape index (κ2) is 9.57. The highest BCUT2D eigenvalue weighted by Gasteiger charge is 2.34. The van der Waals surface area contributed by atoms with Gasteiger partial charge in [0, 0.05) is 12.6 Å². The van der Waals surface area contributed by atoms with Gasteiger partial charge in [0.05, 0.1) is 10.1 Å². The summed E-state index contributed by atoms with van der Waals surface area (Å²) in [6, 6.07) is 21.2. The molecule has 33 heavy (non-hydrogen) atoms. The van der Waals surface area contributed by atoms with Gasteiger partial charge in [-0.05, 0) is 79.9 Å². The number of aromatic hydroxyl groups is 2. The lowest BCUT2D eigenvalue weighted by atomic mass is 10.00. The summed E-state index contributed by atoms with van der Waals surface area (Å²) in [5.41, 5.74) is 2.01. The monoisotopic (exact) mass is 463 g/mol. The third-order valence-corrected chi connectivity index (χ3v) is 7.80. The Kier molecular flexibility index (Phi) is 6.38. The second-order valence-electron chi connectivity index (χ2n) is 8.75. The van der Waals surface area contributed by atoms with Crippen molar-refractivity contribution in [2.45, 2.75) is 42.1 Å². The molecule has 172 valence electrons. The second-order valence-corrected chi connectivity index (χ2v) is 9.93. The minimum absolute atomic E-state index is 0.0742. The summed E-state index contributed by atoms with van der Waals surface area (Å²) < 4.78 is 12.4. The molecule has 0 bridgehead atoms. The number of thioether (sulfide) groups is 1. The summed E-state index contributed by atoms with van der Waals surface area (Å²) in [5, 5.41) is 19.9. The molecular weight excluding hydrogens is 434 g/mol. The van der Waals surface area contributed by atoms with Crippen molar-refractivity contribution >= 4 is 11.8 Å². The maximum Gasteiger partial charge on any atom is 0.140 e. The molecule has 1 fully saturated rings. The van der Waals surface area contributed by atoms with Crippen molar-refractivity contribution in [2.75, 3.05) is 19.7 Å². The van der Waals surface area contributed by atoms with Gasteiger partial charge in [-0.25, -0.2) is 0 Å². The molecule has 6 heteroatoms. The van der Waals surface area contributed by atoms with E-state index in [-0.39, 0.29) is 22.9 Å².